The van der Waals surface area contributed by atoms with Crippen molar-refractivity contribution in [2.24, 2.45) is 0 Å². The minimum absolute atomic E-state index is 0.208. The molecule has 1 aromatic rings. The van der Waals surface area contributed by atoms with E-state index in [4.69, 9.17) is 9.84 Å². The molecule has 22 heavy (non-hydrogen) atoms. The molecule has 1 amide bonds. The highest BCUT2D eigenvalue weighted by atomic mass is 16.6. The van der Waals surface area contributed by atoms with Crippen LogP contribution in [0.3, 0.4) is 0 Å². The van der Waals surface area contributed by atoms with Gasteiger partial charge in [-0.15, -0.1) is 0 Å². The van der Waals surface area contributed by atoms with Crippen molar-refractivity contribution >= 4 is 17.7 Å². The summed E-state index contributed by atoms with van der Waals surface area (Å²) in [5.41, 5.74) is 1.08. The van der Waals surface area contributed by atoms with Crippen LogP contribution in [0.1, 0.15) is 38.8 Å². The fourth-order valence-electron chi connectivity index (χ4n) is 1.88. The van der Waals surface area contributed by atoms with Crippen molar-refractivity contribution in [1.82, 2.24) is 5.32 Å². The molecule has 6 nitrogen and oxygen atoms in total. The number of aliphatic carboxylic acids is 1. The summed E-state index contributed by atoms with van der Waals surface area (Å²) in [5, 5.41) is 11.6. The lowest BCUT2D eigenvalue weighted by Gasteiger charge is -2.23. The Bertz CT molecular complexity index is 518. The highest BCUT2D eigenvalue weighted by molar-refractivity contribution is 5.72. The predicted molar refractivity (Wildman–Crippen MR) is 85.1 cm³/mol. The number of carbonyl (C=O) groups excluding carboxylic acids is 1. The maximum Gasteiger partial charge on any atom is 0.408 e. The molecule has 0 radical (unpaired) electrons. The molecule has 0 aromatic heterocycles. The number of hydrogen-bond acceptors (Lipinski definition) is 4. The number of carboxylic acid groups (broad SMARTS) is 1. The second kappa shape index (κ2) is 7.15. The van der Waals surface area contributed by atoms with E-state index in [9.17, 15) is 9.59 Å². The van der Waals surface area contributed by atoms with E-state index in [-0.39, 0.29) is 6.42 Å². The third-order valence-electron chi connectivity index (χ3n) is 2.88. The van der Waals surface area contributed by atoms with E-state index in [1.807, 2.05) is 31.1 Å². The van der Waals surface area contributed by atoms with Crippen LogP contribution >= 0.6 is 0 Å². The van der Waals surface area contributed by atoms with Gasteiger partial charge in [0, 0.05) is 19.8 Å². The van der Waals surface area contributed by atoms with Crippen LogP contribution in [0.15, 0.2) is 24.3 Å². The number of carbonyl (C=O) groups is 2. The fraction of sp³-hybridized carbons (Fsp3) is 0.500. The number of hydrogen-bond donors (Lipinski definition) is 2. The summed E-state index contributed by atoms with van der Waals surface area (Å²) >= 11 is 0. The average Bonchev–Trinajstić information content (AvgIpc) is 2.35. The minimum atomic E-state index is -0.988. The number of ether oxygens (including phenoxy) is 1. The second-order valence-corrected chi connectivity index (χ2v) is 6.28. The lowest BCUT2D eigenvalue weighted by molar-refractivity contribution is -0.137. The lowest BCUT2D eigenvalue weighted by Crippen LogP contribution is -2.35. The van der Waals surface area contributed by atoms with Crippen molar-refractivity contribution in [3.63, 3.8) is 0 Å². The number of nitrogens with zero attached hydrogens (tertiary/aromatic N) is 1. The molecule has 1 atom stereocenters. The van der Waals surface area contributed by atoms with Crippen molar-refractivity contribution < 1.29 is 19.4 Å². The Morgan fingerprint density at radius 2 is 1.77 bits per heavy atom. The summed E-state index contributed by atoms with van der Waals surface area (Å²) in [7, 11) is 3.84. The van der Waals surface area contributed by atoms with Gasteiger partial charge in [0.25, 0.3) is 0 Å². The van der Waals surface area contributed by atoms with Crippen LogP contribution in [0.4, 0.5) is 10.5 Å². The van der Waals surface area contributed by atoms with Crippen LogP contribution in [-0.2, 0) is 9.53 Å². The van der Waals surface area contributed by atoms with Crippen LogP contribution in [-0.4, -0.2) is 36.9 Å². The smallest absolute Gasteiger partial charge is 0.408 e. The van der Waals surface area contributed by atoms with E-state index in [1.54, 1.807) is 32.9 Å². The SMILES string of the molecule is CN(C)c1ccc([C@@H](CC(=O)O)NC(=O)OC(C)(C)C)cc1. The average molecular weight is 308 g/mol. The number of benzene rings is 1. The first-order valence-electron chi connectivity index (χ1n) is 7.07. The van der Waals surface area contributed by atoms with E-state index in [0.29, 0.717) is 0 Å². The van der Waals surface area contributed by atoms with Crippen LogP contribution < -0.4 is 10.2 Å². The standard InChI is InChI=1S/C16H24N2O4/c1-16(2,3)22-15(21)17-13(10-14(19)20)11-6-8-12(9-7-11)18(4)5/h6-9,13H,10H2,1-5H3,(H,17,21)(H,19,20)/t13-/m1/s1. The highest BCUT2D eigenvalue weighted by Gasteiger charge is 2.22. The molecular weight excluding hydrogens is 284 g/mol. The van der Waals surface area contributed by atoms with Crippen LogP contribution in [0.2, 0.25) is 0 Å². The van der Waals surface area contributed by atoms with Gasteiger partial charge in [0.05, 0.1) is 12.5 Å². The van der Waals surface area contributed by atoms with Gasteiger partial charge >= 0.3 is 12.1 Å². The van der Waals surface area contributed by atoms with Gasteiger partial charge in [-0.2, -0.15) is 0 Å². The zero-order valence-electron chi connectivity index (χ0n) is 13.7. The monoisotopic (exact) mass is 308 g/mol. The largest absolute Gasteiger partial charge is 0.481 e. The Morgan fingerprint density at radius 1 is 1.23 bits per heavy atom. The highest BCUT2D eigenvalue weighted by Crippen LogP contribution is 2.21. The number of carboxylic acids is 1. The Kier molecular flexibility index (Phi) is 5.79. The molecule has 0 saturated heterocycles. The van der Waals surface area contributed by atoms with E-state index >= 15 is 0 Å². The number of amides is 1. The summed E-state index contributed by atoms with van der Waals surface area (Å²) in [5.74, 6) is -0.988. The van der Waals surface area contributed by atoms with Crippen molar-refractivity contribution in [3.8, 4) is 0 Å². The van der Waals surface area contributed by atoms with Gasteiger partial charge in [0.2, 0.25) is 0 Å². The lowest BCUT2D eigenvalue weighted by atomic mass is 10.0. The van der Waals surface area contributed by atoms with Gasteiger partial charge in [0.1, 0.15) is 5.60 Å². The molecule has 0 aliphatic rings. The first-order chi connectivity index (χ1) is 10.1. The quantitative estimate of drug-likeness (QED) is 0.874. The molecule has 0 spiro atoms. The number of nitrogens with one attached hydrogen (secondary N) is 1. The van der Waals surface area contributed by atoms with E-state index in [2.05, 4.69) is 5.32 Å². The second-order valence-electron chi connectivity index (χ2n) is 6.28. The Balaban J connectivity index is 2.88. The zero-order valence-corrected chi connectivity index (χ0v) is 13.7. The van der Waals surface area contributed by atoms with Crippen LogP contribution in [0.5, 0.6) is 0 Å². The first kappa shape index (κ1) is 17.8. The van der Waals surface area contributed by atoms with Gasteiger partial charge < -0.3 is 20.1 Å². The molecule has 0 saturated carbocycles. The molecule has 1 rings (SSSR count). The topological polar surface area (TPSA) is 78.9 Å². The molecule has 6 heteroatoms. The molecule has 0 aliphatic heterocycles. The number of rotatable bonds is 5. The first-order valence-corrected chi connectivity index (χ1v) is 7.07. The third kappa shape index (κ3) is 6.03. The van der Waals surface area contributed by atoms with Crippen molar-refractivity contribution in [3.05, 3.63) is 29.8 Å². The van der Waals surface area contributed by atoms with Gasteiger partial charge in [-0.05, 0) is 38.5 Å². The van der Waals surface area contributed by atoms with Gasteiger partial charge in [-0.1, -0.05) is 12.1 Å². The Hall–Kier alpha value is -2.24. The maximum absolute atomic E-state index is 11.9. The summed E-state index contributed by atoms with van der Waals surface area (Å²) in [4.78, 5) is 24.8. The molecular formula is C16H24N2O4. The molecule has 0 unspecified atom stereocenters. The molecule has 2 N–H and O–H groups in total. The van der Waals surface area contributed by atoms with E-state index in [0.717, 1.165) is 11.3 Å². The summed E-state index contributed by atoms with van der Waals surface area (Å²) in [6.07, 6.45) is -0.837. The Morgan fingerprint density at radius 3 is 2.18 bits per heavy atom. The predicted octanol–water partition coefficient (Wildman–Crippen LogP) is 2.79. The molecule has 0 fully saturated rings. The molecule has 0 heterocycles. The van der Waals surface area contributed by atoms with E-state index in [1.165, 1.54) is 0 Å². The maximum atomic E-state index is 11.9. The zero-order chi connectivity index (χ0) is 16.9. The Labute approximate surface area is 131 Å². The molecule has 122 valence electrons. The van der Waals surface area contributed by atoms with Gasteiger partial charge in [-0.25, -0.2) is 4.79 Å². The van der Waals surface area contributed by atoms with Gasteiger partial charge in [-0.3, -0.25) is 4.79 Å². The summed E-state index contributed by atoms with van der Waals surface area (Å²) in [6, 6.07) is 6.73. The molecule has 0 aliphatic carbocycles. The van der Waals surface area contributed by atoms with Gasteiger partial charge in [0.15, 0.2) is 0 Å². The normalized spacial score (nSPS) is 12.4. The summed E-state index contributed by atoms with van der Waals surface area (Å²) in [6.45, 7) is 5.26. The van der Waals surface area contributed by atoms with Crippen molar-refractivity contribution in [2.75, 3.05) is 19.0 Å². The van der Waals surface area contributed by atoms with Crippen LogP contribution in [0.25, 0.3) is 0 Å². The van der Waals surface area contributed by atoms with Crippen molar-refractivity contribution in [2.45, 2.75) is 38.8 Å². The summed E-state index contributed by atoms with van der Waals surface area (Å²) < 4.78 is 5.18. The van der Waals surface area contributed by atoms with Crippen LogP contribution in [0, 0.1) is 0 Å². The third-order valence-corrected chi connectivity index (χ3v) is 2.88. The van der Waals surface area contributed by atoms with Crippen molar-refractivity contribution in [1.29, 1.82) is 0 Å². The van der Waals surface area contributed by atoms with E-state index < -0.39 is 23.7 Å². The molecule has 1 aromatic carbocycles. The number of alkyl carbamates (subject to hydrolysis) is 1. The minimum Gasteiger partial charge on any atom is -0.481 e. The number of anilines is 1. The fourth-order valence-corrected chi connectivity index (χ4v) is 1.88. The molecule has 0 bridgehead atoms.